The Morgan fingerprint density at radius 1 is 1.17 bits per heavy atom. The molecule has 1 aromatic rings. The SMILES string of the molecule is N[C@@H]1CCc2sc(CC(=O)C3CC3)c(C(=O)NCC3CC3)c2C1. The first-order valence-corrected chi connectivity index (χ1v) is 9.63. The molecule has 2 fully saturated rings. The first-order valence-electron chi connectivity index (χ1n) is 8.81. The minimum Gasteiger partial charge on any atom is -0.352 e. The molecule has 0 saturated heterocycles. The lowest BCUT2D eigenvalue weighted by atomic mass is 9.90. The third kappa shape index (κ3) is 3.36. The van der Waals surface area contributed by atoms with Crippen molar-refractivity contribution in [1.29, 1.82) is 0 Å². The summed E-state index contributed by atoms with van der Waals surface area (Å²) in [6.07, 6.45) is 7.63. The summed E-state index contributed by atoms with van der Waals surface area (Å²) >= 11 is 1.68. The van der Waals surface area contributed by atoms with Crippen molar-refractivity contribution in [2.24, 2.45) is 17.6 Å². The molecule has 3 aliphatic carbocycles. The Balaban J connectivity index is 1.60. The van der Waals surface area contributed by atoms with E-state index in [1.807, 2.05) is 0 Å². The largest absolute Gasteiger partial charge is 0.352 e. The first kappa shape index (κ1) is 15.3. The van der Waals surface area contributed by atoms with Crippen molar-refractivity contribution in [3.05, 3.63) is 20.9 Å². The van der Waals surface area contributed by atoms with Gasteiger partial charge in [0.15, 0.2) is 0 Å². The van der Waals surface area contributed by atoms with Gasteiger partial charge in [0.25, 0.3) is 5.91 Å². The van der Waals surface area contributed by atoms with Crippen molar-refractivity contribution in [2.45, 2.75) is 57.4 Å². The van der Waals surface area contributed by atoms with E-state index in [2.05, 4.69) is 5.32 Å². The smallest absolute Gasteiger partial charge is 0.252 e. The zero-order valence-corrected chi connectivity index (χ0v) is 14.2. The van der Waals surface area contributed by atoms with Gasteiger partial charge in [-0.05, 0) is 56.4 Å². The minimum absolute atomic E-state index is 0.0158. The molecule has 0 bridgehead atoms. The van der Waals surface area contributed by atoms with Crippen LogP contribution in [-0.2, 0) is 24.1 Å². The molecule has 5 heteroatoms. The van der Waals surface area contributed by atoms with Crippen LogP contribution in [0.25, 0.3) is 0 Å². The molecule has 0 unspecified atom stereocenters. The Labute approximate surface area is 140 Å². The molecule has 0 aromatic carbocycles. The van der Waals surface area contributed by atoms with Gasteiger partial charge in [-0.15, -0.1) is 11.3 Å². The average molecular weight is 332 g/mol. The van der Waals surface area contributed by atoms with Gasteiger partial charge in [-0.1, -0.05) is 0 Å². The maximum Gasteiger partial charge on any atom is 0.252 e. The number of carbonyl (C=O) groups excluding carboxylic acids is 2. The number of thiophene rings is 1. The molecule has 4 rings (SSSR count). The lowest BCUT2D eigenvalue weighted by molar-refractivity contribution is -0.119. The Hall–Kier alpha value is -1.20. The maximum atomic E-state index is 12.7. The van der Waals surface area contributed by atoms with Gasteiger partial charge in [-0.2, -0.15) is 0 Å². The molecule has 0 aliphatic heterocycles. The van der Waals surface area contributed by atoms with Gasteiger partial charge in [0.2, 0.25) is 0 Å². The second-order valence-electron chi connectivity index (χ2n) is 7.38. The van der Waals surface area contributed by atoms with Gasteiger partial charge < -0.3 is 11.1 Å². The molecule has 3 aliphatic rings. The number of rotatable bonds is 6. The molecule has 23 heavy (non-hydrogen) atoms. The van der Waals surface area contributed by atoms with E-state index in [-0.39, 0.29) is 17.9 Å². The van der Waals surface area contributed by atoms with Crippen LogP contribution < -0.4 is 11.1 Å². The first-order chi connectivity index (χ1) is 11.1. The molecule has 124 valence electrons. The minimum atomic E-state index is 0.0158. The Kier molecular flexibility index (Phi) is 4.01. The predicted octanol–water partition coefficient (Wildman–Crippen LogP) is 2.23. The fourth-order valence-electron chi connectivity index (χ4n) is 3.41. The summed E-state index contributed by atoms with van der Waals surface area (Å²) in [6, 6.07) is 0.138. The number of nitrogens with two attached hydrogens (primary N) is 1. The summed E-state index contributed by atoms with van der Waals surface area (Å²) in [4.78, 5) is 27.3. The summed E-state index contributed by atoms with van der Waals surface area (Å²) in [7, 11) is 0. The summed E-state index contributed by atoms with van der Waals surface area (Å²) in [6.45, 7) is 0.769. The van der Waals surface area contributed by atoms with Gasteiger partial charge in [0.1, 0.15) is 5.78 Å². The molecule has 1 amide bonds. The summed E-state index contributed by atoms with van der Waals surface area (Å²) < 4.78 is 0. The number of nitrogens with one attached hydrogen (secondary N) is 1. The van der Waals surface area contributed by atoms with E-state index < -0.39 is 0 Å². The average Bonchev–Trinajstić information content (AvgIpc) is 3.42. The summed E-state index contributed by atoms with van der Waals surface area (Å²) in [5, 5.41) is 3.09. The Bertz CT molecular complexity index is 644. The van der Waals surface area contributed by atoms with Gasteiger partial charge in [0.05, 0.1) is 5.56 Å². The van der Waals surface area contributed by atoms with Crippen molar-refractivity contribution in [3.8, 4) is 0 Å². The normalized spacial score (nSPS) is 23.4. The lowest BCUT2D eigenvalue weighted by Gasteiger charge is -2.19. The van der Waals surface area contributed by atoms with Crippen LogP contribution in [0.1, 0.15) is 57.8 Å². The van der Waals surface area contributed by atoms with Crippen LogP contribution in [0.3, 0.4) is 0 Å². The number of hydrogen-bond donors (Lipinski definition) is 2. The van der Waals surface area contributed by atoms with E-state index in [9.17, 15) is 9.59 Å². The highest BCUT2D eigenvalue weighted by molar-refractivity contribution is 7.12. The zero-order valence-electron chi connectivity index (χ0n) is 13.4. The number of aryl methyl sites for hydroxylation is 1. The van der Waals surface area contributed by atoms with E-state index in [4.69, 9.17) is 5.73 Å². The molecule has 0 spiro atoms. The van der Waals surface area contributed by atoms with Gasteiger partial charge in [-0.25, -0.2) is 0 Å². The number of fused-ring (bicyclic) bond motifs is 1. The number of amides is 1. The Morgan fingerprint density at radius 3 is 2.65 bits per heavy atom. The molecule has 1 heterocycles. The summed E-state index contributed by atoms with van der Waals surface area (Å²) in [5.41, 5.74) is 8.04. The molecule has 0 radical (unpaired) electrons. The molecule has 1 atom stereocenters. The van der Waals surface area contributed by atoms with Gasteiger partial charge >= 0.3 is 0 Å². The zero-order chi connectivity index (χ0) is 16.0. The van der Waals surface area contributed by atoms with Gasteiger partial charge in [-0.3, -0.25) is 9.59 Å². The van der Waals surface area contributed by atoms with Crippen LogP contribution in [-0.4, -0.2) is 24.3 Å². The van der Waals surface area contributed by atoms with Crippen LogP contribution in [0, 0.1) is 11.8 Å². The third-order valence-electron chi connectivity index (χ3n) is 5.21. The van der Waals surface area contributed by atoms with E-state index in [0.717, 1.165) is 54.7 Å². The second kappa shape index (κ2) is 6.02. The predicted molar refractivity (Wildman–Crippen MR) is 90.8 cm³/mol. The van der Waals surface area contributed by atoms with Crippen LogP contribution in [0.2, 0.25) is 0 Å². The fraction of sp³-hybridized carbons (Fsp3) is 0.667. The fourth-order valence-corrected chi connectivity index (χ4v) is 4.77. The second-order valence-corrected chi connectivity index (χ2v) is 8.57. The quantitative estimate of drug-likeness (QED) is 0.839. The van der Waals surface area contributed by atoms with Crippen molar-refractivity contribution < 1.29 is 9.59 Å². The van der Waals surface area contributed by atoms with Crippen LogP contribution in [0.5, 0.6) is 0 Å². The molecule has 3 N–H and O–H groups in total. The standard InChI is InChI=1S/C18H24N2O2S/c19-12-5-6-15-13(7-12)17(18(22)20-9-10-1-2-10)16(23-15)8-14(21)11-3-4-11/h10-12H,1-9,19H2,(H,20,22)/t12-/m1/s1. The van der Waals surface area contributed by atoms with Crippen LogP contribution >= 0.6 is 11.3 Å². The molecule has 2 saturated carbocycles. The van der Waals surface area contributed by atoms with E-state index in [1.54, 1.807) is 11.3 Å². The van der Waals surface area contributed by atoms with E-state index in [1.165, 1.54) is 17.7 Å². The maximum absolute atomic E-state index is 12.7. The van der Waals surface area contributed by atoms with E-state index >= 15 is 0 Å². The lowest BCUT2D eigenvalue weighted by Crippen LogP contribution is -2.31. The van der Waals surface area contributed by atoms with Gasteiger partial charge in [0, 0.05) is 34.7 Å². The topological polar surface area (TPSA) is 72.2 Å². The highest BCUT2D eigenvalue weighted by atomic mass is 32.1. The van der Waals surface area contributed by atoms with Crippen molar-refractivity contribution in [3.63, 3.8) is 0 Å². The number of carbonyl (C=O) groups is 2. The monoisotopic (exact) mass is 332 g/mol. The number of Topliss-reactive ketones (excluding diaryl/α,β-unsaturated/α-hetero) is 1. The summed E-state index contributed by atoms with van der Waals surface area (Å²) in [5.74, 6) is 1.23. The Morgan fingerprint density at radius 2 is 1.96 bits per heavy atom. The molecular formula is C18H24N2O2S. The van der Waals surface area contributed by atoms with Crippen LogP contribution in [0.4, 0.5) is 0 Å². The molecule has 4 nitrogen and oxygen atoms in total. The third-order valence-corrected chi connectivity index (χ3v) is 6.51. The highest BCUT2D eigenvalue weighted by Crippen LogP contribution is 2.37. The molecule has 1 aromatic heterocycles. The number of hydrogen-bond acceptors (Lipinski definition) is 4. The number of ketones is 1. The van der Waals surface area contributed by atoms with Crippen molar-refractivity contribution >= 4 is 23.0 Å². The molecular weight excluding hydrogens is 308 g/mol. The highest BCUT2D eigenvalue weighted by Gasteiger charge is 2.33. The van der Waals surface area contributed by atoms with Crippen molar-refractivity contribution in [1.82, 2.24) is 5.32 Å². The van der Waals surface area contributed by atoms with Crippen molar-refractivity contribution in [2.75, 3.05) is 6.54 Å². The van der Waals surface area contributed by atoms with E-state index in [0.29, 0.717) is 18.1 Å². The van der Waals surface area contributed by atoms with Crippen LogP contribution in [0.15, 0.2) is 0 Å².